The average molecular weight is 414 g/mol. The summed E-state index contributed by atoms with van der Waals surface area (Å²) in [6.45, 7) is 6.01. The molecule has 0 aliphatic carbocycles. The van der Waals surface area contributed by atoms with Crippen LogP contribution in [0.5, 0.6) is 5.75 Å². The molecule has 1 fully saturated rings. The zero-order valence-electron chi connectivity index (χ0n) is 16.9. The van der Waals surface area contributed by atoms with Crippen molar-refractivity contribution in [2.45, 2.75) is 19.3 Å². The highest BCUT2D eigenvalue weighted by Gasteiger charge is 2.27. The molecule has 0 bridgehead atoms. The third kappa shape index (κ3) is 4.51. The number of fused-ring (bicyclic) bond motifs is 1. The minimum atomic E-state index is 0.188. The highest BCUT2D eigenvalue weighted by atomic mass is 35.5. The van der Waals surface area contributed by atoms with Gasteiger partial charge in [0.05, 0.1) is 19.2 Å². The number of rotatable bonds is 7. The van der Waals surface area contributed by atoms with Crippen molar-refractivity contribution in [3.8, 4) is 5.75 Å². The lowest BCUT2D eigenvalue weighted by Crippen LogP contribution is -2.46. The lowest BCUT2D eigenvalue weighted by atomic mass is 10.2. The van der Waals surface area contributed by atoms with Gasteiger partial charge in [-0.1, -0.05) is 23.7 Å². The van der Waals surface area contributed by atoms with Crippen molar-refractivity contribution in [1.29, 1.82) is 0 Å². The fraction of sp³-hybridized carbons (Fsp3) is 0.435. The standard InChI is InChI=1S/C23H28ClN3O2/c1-29-22-7-3-2-6-21(22)26-14-12-25(13-15-26)10-4-5-11-27-20-9-8-19(24)16-18(20)17-23(27)28/h2-3,6-9,16H,4-5,10-15,17H2,1H3. The monoisotopic (exact) mass is 413 g/mol. The van der Waals surface area contributed by atoms with E-state index in [2.05, 4.69) is 21.9 Å². The maximum atomic E-state index is 12.3. The predicted molar refractivity (Wildman–Crippen MR) is 118 cm³/mol. The van der Waals surface area contributed by atoms with Crippen LogP contribution in [0.2, 0.25) is 5.02 Å². The first-order chi connectivity index (χ1) is 14.2. The minimum Gasteiger partial charge on any atom is -0.495 e. The topological polar surface area (TPSA) is 36.0 Å². The Kier molecular flexibility index (Phi) is 6.26. The maximum Gasteiger partial charge on any atom is 0.231 e. The summed E-state index contributed by atoms with van der Waals surface area (Å²) >= 11 is 6.05. The maximum absolute atomic E-state index is 12.3. The van der Waals surface area contributed by atoms with Gasteiger partial charge in [0, 0.05) is 43.4 Å². The van der Waals surface area contributed by atoms with Crippen molar-refractivity contribution < 1.29 is 9.53 Å². The number of carbonyl (C=O) groups is 1. The number of carbonyl (C=O) groups excluding carboxylic acids is 1. The fourth-order valence-corrected chi connectivity index (χ4v) is 4.50. The zero-order chi connectivity index (χ0) is 20.2. The number of methoxy groups -OCH3 is 1. The first kappa shape index (κ1) is 20.0. The van der Waals surface area contributed by atoms with E-state index in [9.17, 15) is 4.79 Å². The molecule has 0 spiro atoms. The smallest absolute Gasteiger partial charge is 0.231 e. The van der Waals surface area contributed by atoms with Crippen LogP contribution in [-0.4, -0.2) is 57.2 Å². The number of hydrogen-bond donors (Lipinski definition) is 0. The molecule has 2 heterocycles. The Morgan fingerprint density at radius 3 is 2.52 bits per heavy atom. The summed E-state index contributed by atoms with van der Waals surface area (Å²) in [6.07, 6.45) is 2.59. The third-order valence-corrected chi connectivity index (χ3v) is 6.11. The lowest BCUT2D eigenvalue weighted by molar-refractivity contribution is -0.117. The number of unbranched alkanes of at least 4 members (excludes halogenated alkanes) is 1. The number of amides is 1. The van der Waals surface area contributed by atoms with Gasteiger partial charge in [-0.2, -0.15) is 0 Å². The quantitative estimate of drug-likeness (QED) is 0.646. The molecular weight excluding hydrogens is 386 g/mol. The molecule has 1 amide bonds. The molecule has 2 aromatic carbocycles. The molecule has 0 radical (unpaired) electrons. The van der Waals surface area contributed by atoms with E-state index in [0.717, 1.165) is 69.1 Å². The fourth-order valence-electron chi connectivity index (χ4n) is 4.31. The Bertz CT molecular complexity index is 865. The van der Waals surface area contributed by atoms with Crippen LogP contribution in [0.25, 0.3) is 0 Å². The van der Waals surface area contributed by atoms with Crippen molar-refractivity contribution in [2.75, 3.05) is 56.2 Å². The number of halogens is 1. The molecule has 0 atom stereocenters. The van der Waals surface area contributed by atoms with Gasteiger partial charge in [0.15, 0.2) is 0 Å². The largest absolute Gasteiger partial charge is 0.495 e. The number of nitrogens with zero attached hydrogens (tertiary/aromatic N) is 3. The van der Waals surface area contributed by atoms with Gasteiger partial charge in [-0.05, 0) is 55.3 Å². The summed E-state index contributed by atoms with van der Waals surface area (Å²) in [4.78, 5) is 19.2. The molecule has 0 unspecified atom stereocenters. The first-order valence-corrected chi connectivity index (χ1v) is 10.7. The number of ether oxygens (including phenoxy) is 1. The number of anilines is 2. The summed E-state index contributed by atoms with van der Waals surface area (Å²) in [5, 5.41) is 0.700. The van der Waals surface area contributed by atoms with Crippen LogP contribution in [0.15, 0.2) is 42.5 Å². The van der Waals surface area contributed by atoms with E-state index in [0.29, 0.717) is 11.4 Å². The Balaban J connectivity index is 1.21. The number of para-hydroxylation sites is 2. The van der Waals surface area contributed by atoms with Crippen LogP contribution in [-0.2, 0) is 11.2 Å². The first-order valence-electron chi connectivity index (χ1n) is 10.3. The molecule has 4 rings (SSSR count). The molecule has 154 valence electrons. The van der Waals surface area contributed by atoms with Gasteiger partial charge in [-0.15, -0.1) is 0 Å². The van der Waals surface area contributed by atoms with Crippen molar-refractivity contribution in [3.63, 3.8) is 0 Å². The molecule has 0 N–H and O–H groups in total. The van der Waals surface area contributed by atoms with E-state index in [1.54, 1.807) is 7.11 Å². The Labute approximate surface area is 177 Å². The van der Waals surface area contributed by atoms with E-state index in [-0.39, 0.29) is 5.91 Å². The van der Waals surface area contributed by atoms with Gasteiger partial charge in [0.25, 0.3) is 0 Å². The van der Waals surface area contributed by atoms with Crippen molar-refractivity contribution >= 4 is 28.9 Å². The van der Waals surface area contributed by atoms with Gasteiger partial charge in [0.1, 0.15) is 5.75 Å². The van der Waals surface area contributed by atoms with Gasteiger partial charge in [0.2, 0.25) is 5.91 Å². The summed E-state index contributed by atoms with van der Waals surface area (Å²) in [6, 6.07) is 14.0. The summed E-state index contributed by atoms with van der Waals surface area (Å²) in [5.41, 5.74) is 3.26. The highest BCUT2D eigenvalue weighted by Crippen LogP contribution is 2.31. The van der Waals surface area contributed by atoms with E-state index in [1.165, 1.54) is 5.69 Å². The SMILES string of the molecule is COc1ccccc1N1CCN(CCCCN2C(=O)Cc3cc(Cl)ccc32)CC1. The molecule has 5 nitrogen and oxygen atoms in total. The van der Waals surface area contributed by atoms with Crippen LogP contribution in [0, 0.1) is 0 Å². The number of piperazine rings is 1. The minimum absolute atomic E-state index is 0.188. The van der Waals surface area contributed by atoms with Gasteiger partial charge < -0.3 is 14.5 Å². The third-order valence-electron chi connectivity index (χ3n) is 5.88. The second-order valence-electron chi connectivity index (χ2n) is 7.70. The van der Waals surface area contributed by atoms with Crippen LogP contribution in [0.4, 0.5) is 11.4 Å². The van der Waals surface area contributed by atoms with E-state index in [1.807, 2.05) is 35.2 Å². The van der Waals surface area contributed by atoms with Crippen molar-refractivity contribution in [1.82, 2.24) is 4.90 Å². The van der Waals surface area contributed by atoms with E-state index >= 15 is 0 Å². The van der Waals surface area contributed by atoms with Gasteiger partial charge in [-0.3, -0.25) is 9.69 Å². The second kappa shape index (κ2) is 9.06. The summed E-state index contributed by atoms with van der Waals surface area (Å²) in [7, 11) is 1.73. The summed E-state index contributed by atoms with van der Waals surface area (Å²) < 4.78 is 5.50. The van der Waals surface area contributed by atoms with Gasteiger partial charge in [-0.25, -0.2) is 0 Å². The molecule has 0 aromatic heterocycles. The zero-order valence-corrected chi connectivity index (χ0v) is 17.7. The lowest BCUT2D eigenvalue weighted by Gasteiger charge is -2.36. The van der Waals surface area contributed by atoms with Crippen LogP contribution < -0.4 is 14.5 Å². The Hall–Kier alpha value is -2.24. The Morgan fingerprint density at radius 1 is 0.966 bits per heavy atom. The number of benzene rings is 2. The van der Waals surface area contributed by atoms with Gasteiger partial charge >= 0.3 is 0 Å². The average Bonchev–Trinajstić information content (AvgIpc) is 3.05. The molecule has 6 heteroatoms. The molecule has 2 aromatic rings. The van der Waals surface area contributed by atoms with E-state index in [4.69, 9.17) is 16.3 Å². The highest BCUT2D eigenvalue weighted by molar-refractivity contribution is 6.30. The molecule has 1 saturated heterocycles. The predicted octanol–water partition coefficient (Wildman–Crippen LogP) is 3.84. The number of hydrogen-bond acceptors (Lipinski definition) is 4. The van der Waals surface area contributed by atoms with E-state index < -0.39 is 0 Å². The second-order valence-corrected chi connectivity index (χ2v) is 8.14. The van der Waals surface area contributed by atoms with Crippen LogP contribution >= 0.6 is 11.6 Å². The van der Waals surface area contributed by atoms with Crippen LogP contribution in [0.1, 0.15) is 18.4 Å². The molecule has 0 saturated carbocycles. The molecule has 2 aliphatic rings. The van der Waals surface area contributed by atoms with Crippen LogP contribution in [0.3, 0.4) is 0 Å². The normalized spacial score (nSPS) is 17.0. The Morgan fingerprint density at radius 2 is 1.72 bits per heavy atom. The molecule has 29 heavy (non-hydrogen) atoms. The molecule has 2 aliphatic heterocycles. The van der Waals surface area contributed by atoms with Crippen molar-refractivity contribution in [2.24, 2.45) is 0 Å². The summed E-state index contributed by atoms with van der Waals surface area (Å²) in [5.74, 6) is 1.13. The molecular formula is C23H28ClN3O2. The van der Waals surface area contributed by atoms with Crippen molar-refractivity contribution in [3.05, 3.63) is 53.1 Å².